The van der Waals surface area contributed by atoms with E-state index in [9.17, 15) is 14.7 Å². The summed E-state index contributed by atoms with van der Waals surface area (Å²) in [4.78, 5) is 33.1. The number of quaternary nitrogens is 1. The lowest BCUT2D eigenvalue weighted by Crippen LogP contribution is -3.14. The summed E-state index contributed by atoms with van der Waals surface area (Å²) < 4.78 is 10.7. The summed E-state index contributed by atoms with van der Waals surface area (Å²) in [7, 11) is 1.57. The zero-order chi connectivity index (χ0) is 22.7. The molecule has 4 rings (SSSR count). The molecular formula is C24H28N3O5+. The van der Waals surface area contributed by atoms with Gasteiger partial charge in [-0.3, -0.25) is 14.6 Å². The number of aromatic nitrogens is 1. The molecule has 0 aliphatic carbocycles. The molecule has 2 saturated heterocycles. The van der Waals surface area contributed by atoms with Gasteiger partial charge in [-0.2, -0.15) is 0 Å². The average Bonchev–Trinajstić information content (AvgIpc) is 3.08. The Labute approximate surface area is 187 Å². The van der Waals surface area contributed by atoms with Gasteiger partial charge in [0.1, 0.15) is 24.6 Å². The molecular weight excluding hydrogens is 410 g/mol. The number of rotatable bonds is 6. The maximum atomic E-state index is 13.1. The summed E-state index contributed by atoms with van der Waals surface area (Å²) in [6.45, 7) is 6.07. The highest BCUT2D eigenvalue weighted by Gasteiger charge is 2.46. The van der Waals surface area contributed by atoms with E-state index in [-0.39, 0.29) is 11.3 Å². The number of methoxy groups -OCH3 is 1. The maximum Gasteiger partial charge on any atom is 0.295 e. The number of carbonyl (C=O) groups excluding carboxylic acids is 2. The third-order valence-electron chi connectivity index (χ3n) is 6.16. The predicted molar refractivity (Wildman–Crippen MR) is 117 cm³/mol. The molecule has 1 atom stereocenters. The number of nitrogens with one attached hydrogen (secondary N) is 1. The number of likely N-dealkylation sites (tertiary alicyclic amines) is 1. The Morgan fingerprint density at radius 3 is 2.59 bits per heavy atom. The molecule has 32 heavy (non-hydrogen) atoms. The van der Waals surface area contributed by atoms with E-state index in [1.165, 1.54) is 4.90 Å². The molecule has 2 N–H and O–H groups in total. The normalized spacial score (nSPS) is 21.2. The molecule has 2 fully saturated rings. The van der Waals surface area contributed by atoms with Crippen molar-refractivity contribution in [2.45, 2.75) is 13.0 Å². The second kappa shape index (κ2) is 9.50. The monoisotopic (exact) mass is 438 g/mol. The molecule has 0 saturated carbocycles. The van der Waals surface area contributed by atoms with Crippen LogP contribution in [0.25, 0.3) is 5.76 Å². The van der Waals surface area contributed by atoms with Crippen LogP contribution in [0.15, 0.2) is 48.3 Å². The molecule has 1 unspecified atom stereocenters. The maximum absolute atomic E-state index is 13.1. The van der Waals surface area contributed by atoms with Crippen LogP contribution in [0.1, 0.15) is 22.7 Å². The van der Waals surface area contributed by atoms with E-state index in [1.807, 2.05) is 6.92 Å². The van der Waals surface area contributed by atoms with Crippen molar-refractivity contribution >= 4 is 17.4 Å². The van der Waals surface area contributed by atoms with Crippen molar-refractivity contribution in [2.75, 3.05) is 46.5 Å². The Hall–Kier alpha value is -3.23. The second-order valence-electron chi connectivity index (χ2n) is 8.07. The van der Waals surface area contributed by atoms with E-state index in [4.69, 9.17) is 9.47 Å². The van der Waals surface area contributed by atoms with Gasteiger partial charge in [-0.1, -0.05) is 0 Å². The standard InChI is InChI=1S/C24H27N3O5/c1-16-15-18(31-2)3-4-19(16)22(28)20-21(17-5-7-25-8-6-17)27(24(30)23(20)29)10-9-26-11-13-32-14-12-26/h3-8,15,21,28H,9-14H2,1-2H3/p+1. The number of hydrogen-bond donors (Lipinski definition) is 2. The zero-order valence-electron chi connectivity index (χ0n) is 18.3. The van der Waals surface area contributed by atoms with Crippen molar-refractivity contribution in [3.8, 4) is 5.75 Å². The quantitative estimate of drug-likeness (QED) is 0.393. The van der Waals surface area contributed by atoms with Gasteiger partial charge in [0.15, 0.2) is 0 Å². The van der Waals surface area contributed by atoms with Crippen LogP contribution in [0.5, 0.6) is 5.75 Å². The highest BCUT2D eigenvalue weighted by atomic mass is 16.5. The third-order valence-corrected chi connectivity index (χ3v) is 6.16. The van der Waals surface area contributed by atoms with E-state index >= 15 is 0 Å². The van der Waals surface area contributed by atoms with Crippen molar-refractivity contribution in [3.63, 3.8) is 0 Å². The van der Waals surface area contributed by atoms with Gasteiger partial charge in [0.2, 0.25) is 0 Å². The Balaban J connectivity index is 1.73. The van der Waals surface area contributed by atoms with Gasteiger partial charge in [-0.25, -0.2) is 0 Å². The van der Waals surface area contributed by atoms with Gasteiger partial charge < -0.3 is 24.4 Å². The minimum Gasteiger partial charge on any atom is -0.507 e. The SMILES string of the molecule is COc1ccc(C(O)=C2C(=O)C(=O)N(CC[NH+]3CCOCC3)C2c2ccncc2)c(C)c1. The third kappa shape index (κ3) is 4.24. The molecule has 2 aliphatic rings. The van der Waals surface area contributed by atoms with E-state index < -0.39 is 17.7 Å². The number of carbonyl (C=O) groups is 2. The first-order chi connectivity index (χ1) is 15.5. The molecule has 1 amide bonds. The fourth-order valence-electron chi connectivity index (χ4n) is 4.37. The molecule has 2 aliphatic heterocycles. The van der Waals surface area contributed by atoms with Crippen LogP contribution in [-0.4, -0.2) is 73.2 Å². The van der Waals surface area contributed by atoms with E-state index in [0.717, 1.165) is 24.2 Å². The smallest absolute Gasteiger partial charge is 0.295 e. The van der Waals surface area contributed by atoms with Crippen LogP contribution in [0.4, 0.5) is 0 Å². The lowest BCUT2D eigenvalue weighted by atomic mass is 9.94. The van der Waals surface area contributed by atoms with Gasteiger partial charge in [-0.05, 0) is 48.4 Å². The first-order valence-electron chi connectivity index (χ1n) is 10.8. The molecule has 2 aromatic rings. The van der Waals surface area contributed by atoms with E-state index in [0.29, 0.717) is 37.6 Å². The molecule has 1 aromatic heterocycles. The summed E-state index contributed by atoms with van der Waals surface area (Å²) in [5.41, 5.74) is 2.09. The number of ether oxygens (including phenoxy) is 2. The Bertz CT molecular complexity index is 1030. The van der Waals surface area contributed by atoms with Gasteiger partial charge in [0.05, 0.1) is 45.0 Å². The van der Waals surface area contributed by atoms with Crippen molar-refractivity contribution < 1.29 is 29.1 Å². The van der Waals surface area contributed by atoms with E-state index in [2.05, 4.69) is 4.98 Å². The minimum absolute atomic E-state index is 0.103. The van der Waals surface area contributed by atoms with Crippen molar-refractivity contribution in [1.82, 2.24) is 9.88 Å². The number of aryl methyl sites for hydroxylation is 1. The molecule has 168 valence electrons. The first kappa shape index (κ1) is 22.0. The number of benzene rings is 1. The Morgan fingerprint density at radius 2 is 1.94 bits per heavy atom. The summed E-state index contributed by atoms with van der Waals surface area (Å²) in [6.07, 6.45) is 3.25. The van der Waals surface area contributed by atoms with Crippen LogP contribution in [0, 0.1) is 6.92 Å². The lowest BCUT2D eigenvalue weighted by molar-refractivity contribution is -0.907. The lowest BCUT2D eigenvalue weighted by Gasteiger charge is -2.29. The number of nitrogens with zero attached hydrogens (tertiary/aromatic N) is 2. The average molecular weight is 439 g/mol. The largest absolute Gasteiger partial charge is 0.507 e. The number of pyridine rings is 1. The Kier molecular flexibility index (Phi) is 6.53. The van der Waals surface area contributed by atoms with Crippen LogP contribution in [-0.2, 0) is 14.3 Å². The molecule has 0 spiro atoms. The molecule has 0 radical (unpaired) electrons. The highest BCUT2D eigenvalue weighted by molar-refractivity contribution is 6.46. The first-order valence-corrected chi connectivity index (χ1v) is 10.8. The summed E-state index contributed by atoms with van der Waals surface area (Å²) in [6, 6.07) is 8.10. The van der Waals surface area contributed by atoms with Crippen molar-refractivity contribution in [3.05, 3.63) is 65.0 Å². The Morgan fingerprint density at radius 1 is 1.22 bits per heavy atom. The fourth-order valence-corrected chi connectivity index (χ4v) is 4.37. The van der Waals surface area contributed by atoms with Crippen LogP contribution in [0.3, 0.4) is 0 Å². The number of ketones is 1. The predicted octanol–water partition coefficient (Wildman–Crippen LogP) is 0.735. The molecule has 0 bridgehead atoms. The van der Waals surface area contributed by atoms with Crippen molar-refractivity contribution in [2.24, 2.45) is 0 Å². The van der Waals surface area contributed by atoms with Gasteiger partial charge in [0, 0.05) is 18.0 Å². The molecule has 8 nitrogen and oxygen atoms in total. The highest BCUT2D eigenvalue weighted by Crippen LogP contribution is 2.39. The zero-order valence-corrected chi connectivity index (χ0v) is 18.3. The molecule has 3 heterocycles. The minimum atomic E-state index is -0.670. The van der Waals surface area contributed by atoms with Crippen LogP contribution >= 0.6 is 0 Å². The fraction of sp³-hybridized carbons (Fsp3) is 0.375. The number of aliphatic hydroxyl groups excluding tert-OH is 1. The summed E-state index contributed by atoms with van der Waals surface area (Å²) in [5.74, 6) is -0.783. The number of morpholine rings is 1. The van der Waals surface area contributed by atoms with Gasteiger partial charge in [-0.15, -0.1) is 0 Å². The number of amides is 1. The van der Waals surface area contributed by atoms with E-state index in [1.54, 1.807) is 54.7 Å². The van der Waals surface area contributed by atoms with Gasteiger partial charge >= 0.3 is 0 Å². The van der Waals surface area contributed by atoms with Crippen molar-refractivity contribution in [1.29, 1.82) is 0 Å². The van der Waals surface area contributed by atoms with Gasteiger partial charge in [0.25, 0.3) is 11.7 Å². The number of aliphatic hydroxyl groups is 1. The number of Topliss-reactive ketones (excluding diaryl/α,β-unsaturated/α-hetero) is 1. The molecule has 1 aromatic carbocycles. The summed E-state index contributed by atoms with van der Waals surface area (Å²) in [5, 5.41) is 11.2. The number of hydrogen-bond acceptors (Lipinski definition) is 6. The topological polar surface area (TPSA) is 93.4 Å². The molecule has 8 heteroatoms. The summed E-state index contributed by atoms with van der Waals surface area (Å²) >= 11 is 0. The van der Waals surface area contributed by atoms with Crippen LogP contribution < -0.4 is 9.64 Å². The second-order valence-corrected chi connectivity index (χ2v) is 8.07. The van der Waals surface area contributed by atoms with Crippen LogP contribution in [0.2, 0.25) is 0 Å².